The van der Waals surface area contributed by atoms with Gasteiger partial charge in [-0.1, -0.05) is 45.9 Å². The van der Waals surface area contributed by atoms with Crippen LogP contribution in [0.5, 0.6) is 17.2 Å². The number of thioether (sulfide) groups is 1. The molecule has 0 aliphatic rings. The van der Waals surface area contributed by atoms with Gasteiger partial charge in [-0.2, -0.15) is 0 Å². The van der Waals surface area contributed by atoms with Crippen LogP contribution in [0.2, 0.25) is 0 Å². The number of ether oxygens (including phenoxy) is 3. The molecule has 2 aromatic carbocycles. The van der Waals surface area contributed by atoms with Crippen LogP contribution in [0.3, 0.4) is 0 Å². The molecule has 0 amide bonds. The van der Waals surface area contributed by atoms with Crippen LogP contribution in [-0.4, -0.2) is 31.5 Å². The number of hydrogen-bond donors (Lipinski definition) is 0. The summed E-state index contributed by atoms with van der Waals surface area (Å²) in [5, 5.41) is 8.73. The minimum atomic E-state index is 0.388. The Labute approximate surface area is 164 Å². The first kappa shape index (κ1) is 18.6. The lowest BCUT2D eigenvalue weighted by molar-refractivity contribution is 0.324. The molecule has 0 spiro atoms. The molecule has 0 atom stereocenters. The Bertz CT molecular complexity index is 875. The van der Waals surface area contributed by atoms with Crippen molar-refractivity contribution in [3.05, 3.63) is 46.4 Å². The summed E-state index contributed by atoms with van der Waals surface area (Å²) in [7, 11) is 4.69. The molecule has 0 N–H and O–H groups in total. The van der Waals surface area contributed by atoms with E-state index in [2.05, 4.69) is 26.1 Å². The second-order valence-corrected chi connectivity index (χ2v) is 6.95. The molecule has 0 bridgehead atoms. The van der Waals surface area contributed by atoms with E-state index in [-0.39, 0.29) is 0 Å². The molecule has 0 fully saturated rings. The normalized spacial score (nSPS) is 10.6. The van der Waals surface area contributed by atoms with E-state index in [0.717, 1.165) is 15.8 Å². The van der Waals surface area contributed by atoms with Crippen molar-refractivity contribution in [2.75, 3.05) is 21.3 Å². The standard InChI is InChI=1S/C18H17BrN2O4S/c1-22-14-8-12(9-15(23-2)16(14)24-3)17-20-21-18(25-17)26-10-11-6-4-5-7-13(11)19/h4-9H,10H2,1-3H3. The maximum atomic E-state index is 5.78. The topological polar surface area (TPSA) is 66.6 Å². The van der Waals surface area contributed by atoms with Crippen molar-refractivity contribution >= 4 is 27.7 Å². The molecular weight excluding hydrogens is 420 g/mol. The number of nitrogens with zero attached hydrogens (tertiary/aromatic N) is 2. The summed E-state index contributed by atoms with van der Waals surface area (Å²) < 4.78 is 22.9. The van der Waals surface area contributed by atoms with Crippen LogP contribution in [0.4, 0.5) is 0 Å². The Balaban J connectivity index is 1.82. The maximum Gasteiger partial charge on any atom is 0.277 e. The first-order chi connectivity index (χ1) is 12.7. The number of benzene rings is 2. The van der Waals surface area contributed by atoms with Gasteiger partial charge < -0.3 is 18.6 Å². The minimum absolute atomic E-state index is 0.388. The van der Waals surface area contributed by atoms with Crippen LogP contribution in [0.15, 0.2) is 50.5 Å². The van der Waals surface area contributed by atoms with Gasteiger partial charge in [-0.15, -0.1) is 10.2 Å². The average Bonchev–Trinajstić information content (AvgIpc) is 3.15. The summed E-state index contributed by atoms with van der Waals surface area (Å²) in [6, 6.07) is 11.6. The summed E-state index contributed by atoms with van der Waals surface area (Å²) in [6.45, 7) is 0. The monoisotopic (exact) mass is 436 g/mol. The maximum absolute atomic E-state index is 5.78. The number of hydrogen-bond acceptors (Lipinski definition) is 7. The fourth-order valence-corrected chi connectivity index (χ4v) is 3.72. The van der Waals surface area contributed by atoms with E-state index in [1.54, 1.807) is 33.5 Å². The third-order valence-electron chi connectivity index (χ3n) is 3.63. The summed E-state index contributed by atoms with van der Waals surface area (Å²) in [5.74, 6) is 2.68. The van der Waals surface area contributed by atoms with Gasteiger partial charge in [0.1, 0.15) is 0 Å². The minimum Gasteiger partial charge on any atom is -0.493 e. The van der Waals surface area contributed by atoms with Gasteiger partial charge >= 0.3 is 0 Å². The number of methoxy groups -OCH3 is 3. The van der Waals surface area contributed by atoms with Crippen LogP contribution >= 0.6 is 27.7 Å². The van der Waals surface area contributed by atoms with Crippen LogP contribution in [0, 0.1) is 0 Å². The Hall–Kier alpha value is -2.19. The highest BCUT2D eigenvalue weighted by Gasteiger charge is 2.17. The summed E-state index contributed by atoms with van der Waals surface area (Å²) in [5.41, 5.74) is 1.85. The fourth-order valence-electron chi connectivity index (χ4n) is 2.34. The first-order valence-electron chi connectivity index (χ1n) is 7.66. The third kappa shape index (κ3) is 3.96. The Morgan fingerprint density at radius 2 is 1.69 bits per heavy atom. The molecule has 3 aromatic rings. The summed E-state index contributed by atoms with van der Waals surface area (Å²) in [6.07, 6.45) is 0. The van der Waals surface area contributed by atoms with Gasteiger partial charge in [-0.05, 0) is 23.8 Å². The third-order valence-corrected chi connectivity index (χ3v) is 5.27. The van der Waals surface area contributed by atoms with E-state index in [1.807, 2.05) is 24.3 Å². The van der Waals surface area contributed by atoms with Crippen molar-refractivity contribution in [1.82, 2.24) is 10.2 Å². The van der Waals surface area contributed by atoms with Gasteiger partial charge in [0, 0.05) is 15.8 Å². The Kier molecular flexibility index (Phi) is 6.05. The predicted molar refractivity (Wildman–Crippen MR) is 103 cm³/mol. The van der Waals surface area contributed by atoms with Crippen LogP contribution in [0.25, 0.3) is 11.5 Å². The molecule has 26 heavy (non-hydrogen) atoms. The molecule has 0 saturated carbocycles. The second-order valence-electron chi connectivity index (χ2n) is 5.17. The molecule has 136 valence electrons. The van der Waals surface area contributed by atoms with E-state index in [0.29, 0.717) is 33.9 Å². The average molecular weight is 437 g/mol. The molecule has 0 aliphatic carbocycles. The molecular formula is C18H17BrN2O4S. The molecule has 6 nitrogen and oxygen atoms in total. The van der Waals surface area contributed by atoms with Crippen LogP contribution in [-0.2, 0) is 5.75 Å². The van der Waals surface area contributed by atoms with Crippen molar-refractivity contribution in [2.45, 2.75) is 11.0 Å². The molecule has 1 aromatic heterocycles. The highest BCUT2D eigenvalue weighted by Crippen LogP contribution is 2.41. The first-order valence-corrected chi connectivity index (χ1v) is 9.44. The largest absolute Gasteiger partial charge is 0.493 e. The predicted octanol–water partition coefficient (Wildman–Crippen LogP) is 4.82. The quantitative estimate of drug-likeness (QED) is 0.491. The number of aromatic nitrogens is 2. The van der Waals surface area contributed by atoms with Gasteiger partial charge in [0.05, 0.1) is 21.3 Å². The van der Waals surface area contributed by atoms with Crippen molar-refractivity contribution in [3.8, 4) is 28.7 Å². The zero-order valence-corrected chi connectivity index (χ0v) is 16.9. The summed E-state index contributed by atoms with van der Waals surface area (Å²) >= 11 is 5.01. The summed E-state index contributed by atoms with van der Waals surface area (Å²) in [4.78, 5) is 0. The number of rotatable bonds is 7. The van der Waals surface area contributed by atoms with Crippen molar-refractivity contribution in [2.24, 2.45) is 0 Å². The molecule has 0 aliphatic heterocycles. The highest BCUT2D eigenvalue weighted by atomic mass is 79.9. The lowest BCUT2D eigenvalue weighted by Crippen LogP contribution is -1.95. The van der Waals surface area contributed by atoms with E-state index in [1.165, 1.54) is 11.8 Å². The zero-order chi connectivity index (χ0) is 18.5. The molecule has 0 unspecified atom stereocenters. The molecule has 0 saturated heterocycles. The Morgan fingerprint density at radius 3 is 2.31 bits per heavy atom. The SMILES string of the molecule is COc1cc(-c2nnc(SCc3ccccc3Br)o2)cc(OC)c1OC. The van der Waals surface area contributed by atoms with Crippen molar-refractivity contribution < 1.29 is 18.6 Å². The van der Waals surface area contributed by atoms with Crippen molar-refractivity contribution in [3.63, 3.8) is 0 Å². The van der Waals surface area contributed by atoms with Gasteiger partial charge in [0.2, 0.25) is 11.6 Å². The van der Waals surface area contributed by atoms with Crippen LogP contribution in [0.1, 0.15) is 5.56 Å². The highest BCUT2D eigenvalue weighted by molar-refractivity contribution is 9.10. The molecule has 3 rings (SSSR count). The van der Waals surface area contributed by atoms with Crippen LogP contribution < -0.4 is 14.2 Å². The fraction of sp³-hybridized carbons (Fsp3) is 0.222. The second kappa shape index (κ2) is 8.46. The van der Waals surface area contributed by atoms with Gasteiger partial charge in [0.15, 0.2) is 11.5 Å². The van der Waals surface area contributed by atoms with E-state index >= 15 is 0 Å². The van der Waals surface area contributed by atoms with Crippen molar-refractivity contribution in [1.29, 1.82) is 0 Å². The number of halogens is 1. The molecule has 0 radical (unpaired) electrons. The zero-order valence-electron chi connectivity index (χ0n) is 14.5. The molecule has 1 heterocycles. The molecule has 8 heteroatoms. The van der Waals surface area contributed by atoms with Gasteiger partial charge in [0.25, 0.3) is 5.22 Å². The van der Waals surface area contributed by atoms with E-state index in [4.69, 9.17) is 18.6 Å². The smallest absolute Gasteiger partial charge is 0.277 e. The van der Waals surface area contributed by atoms with Gasteiger partial charge in [-0.3, -0.25) is 0 Å². The lowest BCUT2D eigenvalue weighted by atomic mass is 10.2. The Morgan fingerprint density at radius 1 is 1.00 bits per heavy atom. The van der Waals surface area contributed by atoms with E-state index in [9.17, 15) is 0 Å². The van der Waals surface area contributed by atoms with E-state index < -0.39 is 0 Å². The lowest BCUT2D eigenvalue weighted by Gasteiger charge is -2.12. The van der Waals surface area contributed by atoms with Gasteiger partial charge in [-0.25, -0.2) is 0 Å².